The lowest BCUT2D eigenvalue weighted by atomic mass is 10.1. The zero-order valence-electron chi connectivity index (χ0n) is 12.0. The van der Waals surface area contributed by atoms with Gasteiger partial charge in [-0.3, -0.25) is 14.5 Å². The number of rotatable bonds is 4. The SMILES string of the molecule is Cc1ccc(N(CC(=O)O)C(=O)c2cccc(C)c2)cc1. The van der Waals surface area contributed by atoms with E-state index in [1.807, 2.05) is 32.0 Å². The molecule has 21 heavy (non-hydrogen) atoms. The van der Waals surface area contributed by atoms with Crippen molar-refractivity contribution in [1.82, 2.24) is 0 Å². The fourth-order valence-electron chi connectivity index (χ4n) is 2.07. The van der Waals surface area contributed by atoms with E-state index in [-0.39, 0.29) is 12.5 Å². The Balaban J connectivity index is 2.38. The van der Waals surface area contributed by atoms with Crippen LogP contribution in [0.3, 0.4) is 0 Å². The van der Waals surface area contributed by atoms with Gasteiger partial charge in [-0.15, -0.1) is 0 Å². The highest BCUT2D eigenvalue weighted by molar-refractivity contribution is 6.08. The third-order valence-electron chi connectivity index (χ3n) is 3.15. The van der Waals surface area contributed by atoms with Crippen molar-refractivity contribution < 1.29 is 14.7 Å². The number of anilines is 1. The number of carbonyl (C=O) groups excluding carboxylic acids is 1. The first-order valence-electron chi connectivity index (χ1n) is 6.64. The molecule has 0 saturated carbocycles. The maximum absolute atomic E-state index is 12.6. The minimum Gasteiger partial charge on any atom is -0.480 e. The fourth-order valence-corrected chi connectivity index (χ4v) is 2.07. The average Bonchev–Trinajstić information content (AvgIpc) is 2.45. The third-order valence-corrected chi connectivity index (χ3v) is 3.15. The summed E-state index contributed by atoms with van der Waals surface area (Å²) in [4.78, 5) is 24.9. The molecule has 1 amide bonds. The summed E-state index contributed by atoms with van der Waals surface area (Å²) in [5.74, 6) is -1.36. The van der Waals surface area contributed by atoms with E-state index in [1.165, 1.54) is 4.90 Å². The Bertz CT molecular complexity index is 662. The van der Waals surface area contributed by atoms with E-state index in [0.717, 1.165) is 11.1 Å². The number of carbonyl (C=O) groups is 2. The molecule has 0 saturated heterocycles. The second-order valence-corrected chi connectivity index (χ2v) is 4.99. The van der Waals surface area contributed by atoms with Gasteiger partial charge >= 0.3 is 5.97 Å². The predicted octanol–water partition coefficient (Wildman–Crippen LogP) is 3.03. The summed E-state index contributed by atoms with van der Waals surface area (Å²) in [6, 6.07) is 14.4. The van der Waals surface area contributed by atoms with Gasteiger partial charge in [0.05, 0.1) is 0 Å². The number of carboxylic acids is 1. The molecule has 0 fully saturated rings. The monoisotopic (exact) mass is 283 g/mol. The molecule has 0 atom stereocenters. The number of aryl methyl sites for hydroxylation is 2. The van der Waals surface area contributed by atoms with Crippen LogP contribution in [0, 0.1) is 13.8 Å². The highest BCUT2D eigenvalue weighted by atomic mass is 16.4. The van der Waals surface area contributed by atoms with Crippen molar-refractivity contribution in [1.29, 1.82) is 0 Å². The second kappa shape index (κ2) is 6.22. The number of amides is 1. The summed E-state index contributed by atoms with van der Waals surface area (Å²) >= 11 is 0. The van der Waals surface area contributed by atoms with Gasteiger partial charge in [0.1, 0.15) is 6.54 Å². The Kier molecular flexibility index (Phi) is 4.38. The van der Waals surface area contributed by atoms with E-state index in [1.54, 1.807) is 30.3 Å². The summed E-state index contributed by atoms with van der Waals surface area (Å²) in [6.45, 7) is 3.47. The molecule has 0 bridgehead atoms. The lowest BCUT2D eigenvalue weighted by molar-refractivity contribution is -0.135. The Labute approximate surface area is 123 Å². The van der Waals surface area contributed by atoms with Crippen LogP contribution in [-0.4, -0.2) is 23.5 Å². The lowest BCUT2D eigenvalue weighted by Crippen LogP contribution is -2.35. The highest BCUT2D eigenvalue weighted by Crippen LogP contribution is 2.18. The van der Waals surface area contributed by atoms with E-state index in [9.17, 15) is 9.59 Å². The minimum atomic E-state index is -1.04. The number of hydrogen-bond donors (Lipinski definition) is 1. The summed E-state index contributed by atoms with van der Waals surface area (Å²) in [7, 11) is 0. The van der Waals surface area contributed by atoms with Crippen LogP contribution in [-0.2, 0) is 4.79 Å². The maximum atomic E-state index is 12.6. The first-order valence-corrected chi connectivity index (χ1v) is 6.64. The summed E-state index contributed by atoms with van der Waals surface area (Å²) in [5, 5.41) is 9.06. The molecule has 0 unspecified atom stereocenters. The molecule has 0 heterocycles. The quantitative estimate of drug-likeness (QED) is 0.938. The Morgan fingerprint density at radius 3 is 2.24 bits per heavy atom. The standard InChI is InChI=1S/C17H17NO3/c1-12-6-8-15(9-7-12)18(11-16(19)20)17(21)14-5-3-4-13(2)10-14/h3-10H,11H2,1-2H3,(H,19,20). The van der Waals surface area contributed by atoms with Gasteiger partial charge in [0.2, 0.25) is 0 Å². The average molecular weight is 283 g/mol. The first-order chi connectivity index (χ1) is 9.97. The smallest absolute Gasteiger partial charge is 0.323 e. The summed E-state index contributed by atoms with van der Waals surface area (Å²) < 4.78 is 0. The van der Waals surface area contributed by atoms with Crippen LogP contribution in [0.4, 0.5) is 5.69 Å². The molecule has 4 heteroatoms. The van der Waals surface area contributed by atoms with Gasteiger partial charge in [0, 0.05) is 11.3 Å². The molecular formula is C17H17NO3. The first kappa shape index (κ1) is 14.8. The van der Waals surface area contributed by atoms with Crippen molar-refractivity contribution in [3.8, 4) is 0 Å². The number of aliphatic carboxylic acids is 1. The molecule has 0 aromatic heterocycles. The molecule has 1 N–H and O–H groups in total. The van der Waals surface area contributed by atoms with Crippen LogP contribution >= 0.6 is 0 Å². The van der Waals surface area contributed by atoms with E-state index in [2.05, 4.69) is 0 Å². The zero-order chi connectivity index (χ0) is 15.4. The van der Waals surface area contributed by atoms with Gasteiger partial charge in [-0.2, -0.15) is 0 Å². The fraction of sp³-hybridized carbons (Fsp3) is 0.176. The zero-order valence-corrected chi connectivity index (χ0v) is 12.0. The summed E-state index contributed by atoms with van der Waals surface area (Å²) in [6.07, 6.45) is 0. The highest BCUT2D eigenvalue weighted by Gasteiger charge is 2.20. The molecule has 108 valence electrons. The van der Waals surface area contributed by atoms with Crippen molar-refractivity contribution in [2.75, 3.05) is 11.4 Å². The molecule has 2 aromatic carbocycles. The molecule has 4 nitrogen and oxygen atoms in total. The van der Waals surface area contributed by atoms with Crippen LogP contribution in [0.25, 0.3) is 0 Å². The second-order valence-electron chi connectivity index (χ2n) is 4.99. The van der Waals surface area contributed by atoms with Gasteiger partial charge in [-0.05, 0) is 38.1 Å². The minimum absolute atomic E-state index is 0.315. The third kappa shape index (κ3) is 3.69. The molecule has 2 aromatic rings. The molecule has 2 rings (SSSR count). The molecule has 0 spiro atoms. The van der Waals surface area contributed by atoms with Crippen molar-refractivity contribution in [2.45, 2.75) is 13.8 Å². The van der Waals surface area contributed by atoms with Crippen LogP contribution in [0.1, 0.15) is 21.5 Å². The van der Waals surface area contributed by atoms with Crippen molar-refractivity contribution in [3.05, 3.63) is 65.2 Å². The van der Waals surface area contributed by atoms with Gasteiger partial charge in [-0.25, -0.2) is 0 Å². The lowest BCUT2D eigenvalue weighted by Gasteiger charge is -2.21. The van der Waals surface area contributed by atoms with Crippen molar-refractivity contribution in [2.24, 2.45) is 0 Å². The van der Waals surface area contributed by atoms with E-state index in [0.29, 0.717) is 11.3 Å². The van der Waals surface area contributed by atoms with Crippen molar-refractivity contribution in [3.63, 3.8) is 0 Å². The Hall–Kier alpha value is -2.62. The maximum Gasteiger partial charge on any atom is 0.323 e. The number of nitrogens with zero attached hydrogens (tertiary/aromatic N) is 1. The Morgan fingerprint density at radius 2 is 1.67 bits per heavy atom. The normalized spacial score (nSPS) is 10.2. The van der Waals surface area contributed by atoms with E-state index < -0.39 is 5.97 Å². The van der Waals surface area contributed by atoms with Crippen LogP contribution in [0.15, 0.2) is 48.5 Å². The van der Waals surface area contributed by atoms with Gasteiger partial charge in [0.25, 0.3) is 5.91 Å². The molecule has 0 aliphatic carbocycles. The largest absolute Gasteiger partial charge is 0.480 e. The van der Waals surface area contributed by atoms with Gasteiger partial charge < -0.3 is 5.11 Å². The van der Waals surface area contributed by atoms with Crippen LogP contribution < -0.4 is 4.90 Å². The summed E-state index contributed by atoms with van der Waals surface area (Å²) in [5.41, 5.74) is 3.07. The van der Waals surface area contributed by atoms with Gasteiger partial charge in [0.15, 0.2) is 0 Å². The van der Waals surface area contributed by atoms with Gasteiger partial charge in [-0.1, -0.05) is 35.4 Å². The Morgan fingerprint density at radius 1 is 1.00 bits per heavy atom. The van der Waals surface area contributed by atoms with Crippen molar-refractivity contribution >= 4 is 17.6 Å². The van der Waals surface area contributed by atoms with E-state index >= 15 is 0 Å². The number of hydrogen-bond acceptors (Lipinski definition) is 2. The molecular weight excluding hydrogens is 266 g/mol. The molecule has 0 radical (unpaired) electrons. The van der Waals surface area contributed by atoms with Crippen LogP contribution in [0.5, 0.6) is 0 Å². The van der Waals surface area contributed by atoms with E-state index in [4.69, 9.17) is 5.11 Å². The topological polar surface area (TPSA) is 57.6 Å². The molecule has 0 aliphatic rings. The number of carboxylic acid groups (broad SMARTS) is 1. The molecule has 0 aliphatic heterocycles. The van der Waals surface area contributed by atoms with Crippen LogP contribution in [0.2, 0.25) is 0 Å². The number of benzene rings is 2. The predicted molar refractivity (Wildman–Crippen MR) is 81.7 cm³/mol.